The monoisotopic (exact) mass is 238 g/mol. The minimum absolute atomic E-state index is 0.129. The van der Waals surface area contributed by atoms with Gasteiger partial charge in [-0.2, -0.15) is 0 Å². The minimum Gasteiger partial charge on any atom is -0.310 e. The molecule has 1 aromatic carbocycles. The van der Waals surface area contributed by atoms with Gasteiger partial charge in [-0.15, -0.1) is 11.6 Å². The summed E-state index contributed by atoms with van der Waals surface area (Å²) in [4.78, 5) is 17.9. The average Bonchev–Trinajstić information content (AvgIpc) is 2.29. The van der Waals surface area contributed by atoms with Gasteiger partial charge < -0.3 is 4.98 Å². The van der Waals surface area contributed by atoms with Crippen molar-refractivity contribution in [3.8, 4) is 11.3 Å². The summed E-state index contributed by atoms with van der Waals surface area (Å²) in [6.07, 6.45) is 0. The molecule has 82 valence electrons. The highest BCUT2D eigenvalue weighted by Gasteiger charge is 2.03. The maximum atomic E-state index is 12.7. The molecule has 1 heterocycles. The molecule has 2 aromatic rings. The van der Waals surface area contributed by atoms with Crippen molar-refractivity contribution in [1.82, 2.24) is 9.97 Å². The summed E-state index contributed by atoms with van der Waals surface area (Å²) >= 11 is 5.59. The molecule has 2 rings (SSSR count). The smallest absolute Gasteiger partial charge is 0.251 e. The Morgan fingerprint density at radius 1 is 1.31 bits per heavy atom. The van der Waals surface area contributed by atoms with E-state index in [2.05, 4.69) is 9.97 Å². The van der Waals surface area contributed by atoms with Crippen LogP contribution in [-0.2, 0) is 5.88 Å². The molecule has 0 aliphatic heterocycles. The Balaban J connectivity index is 2.51. The fourth-order valence-electron chi connectivity index (χ4n) is 1.34. The summed E-state index contributed by atoms with van der Waals surface area (Å²) in [5.41, 5.74) is 0.892. The first-order valence-electron chi connectivity index (χ1n) is 4.61. The molecule has 0 amide bonds. The zero-order valence-corrected chi connectivity index (χ0v) is 8.96. The van der Waals surface area contributed by atoms with E-state index in [-0.39, 0.29) is 17.3 Å². The maximum absolute atomic E-state index is 12.7. The topological polar surface area (TPSA) is 45.8 Å². The van der Waals surface area contributed by atoms with Gasteiger partial charge in [0.05, 0.1) is 11.6 Å². The highest BCUT2D eigenvalue weighted by Crippen LogP contribution is 2.15. The van der Waals surface area contributed by atoms with Crippen molar-refractivity contribution >= 4 is 11.6 Å². The second-order valence-corrected chi connectivity index (χ2v) is 3.49. The third-order valence-corrected chi connectivity index (χ3v) is 2.31. The molecule has 16 heavy (non-hydrogen) atoms. The Morgan fingerprint density at radius 3 is 2.62 bits per heavy atom. The van der Waals surface area contributed by atoms with E-state index in [1.54, 1.807) is 12.1 Å². The van der Waals surface area contributed by atoms with Crippen molar-refractivity contribution in [1.29, 1.82) is 0 Å². The summed E-state index contributed by atoms with van der Waals surface area (Å²) in [7, 11) is 0. The molecule has 0 saturated carbocycles. The Bertz CT molecular complexity index is 551. The molecule has 0 aliphatic carbocycles. The van der Waals surface area contributed by atoms with Crippen LogP contribution in [0.5, 0.6) is 0 Å². The van der Waals surface area contributed by atoms with Crippen LogP contribution in [0.1, 0.15) is 5.82 Å². The van der Waals surface area contributed by atoms with Crippen molar-refractivity contribution in [2.24, 2.45) is 0 Å². The standard InChI is InChI=1S/C11H8ClFN2O/c12-6-10-14-9(5-11(16)15-10)7-1-3-8(13)4-2-7/h1-5H,6H2,(H,14,15,16). The number of nitrogens with zero attached hydrogens (tertiary/aromatic N) is 1. The highest BCUT2D eigenvalue weighted by atomic mass is 35.5. The predicted molar refractivity (Wildman–Crippen MR) is 59.8 cm³/mol. The van der Waals surface area contributed by atoms with E-state index in [0.29, 0.717) is 17.1 Å². The molecule has 0 radical (unpaired) electrons. The number of H-pyrrole nitrogens is 1. The number of aromatic nitrogens is 2. The summed E-state index contributed by atoms with van der Waals surface area (Å²) in [6.45, 7) is 0. The van der Waals surface area contributed by atoms with Crippen molar-refractivity contribution in [2.75, 3.05) is 0 Å². The van der Waals surface area contributed by atoms with Crippen LogP contribution >= 0.6 is 11.6 Å². The number of nitrogens with one attached hydrogen (secondary N) is 1. The lowest BCUT2D eigenvalue weighted by Gasteiger charge is -2.02. The average molecular weight is 239 g/mol. The lowest BCUT2D eigenvalue weighted by Crippen LogP contribution is -2.09. The molecule has 0 atom stereocenters. The van der Waals surface area contributed by atoms with Crippen LogP contribution in [0.25, 0.3) is 11.3 Å². The maximum Gasteiger partial charge on any atom is 0.251 e. The van der Waals surface area contributed by atoms with Gasteiger partial charge in [-0.3, -0.25) is 4.79 Å². The van der Waals surface area contributed by atoms with E-state index < -0.39 is 0 Å². The summed E-state index contributed by atoms with van der Waals surface area (Å²) in [5.74, 6) is 0.198. The van der Waals surface area contributed by atoms with Gasteiger partial charge in [-0.1, -0.05) is 0 Å². The second-order valence-electron chi connectivity index (χ2n) is 3.22. The zero-order valence-electron chi connectivity index (χ0n) is 8.21. The lowest BCUT2D eigenvalue weighted by molar-refractivity contribution is 0.628. The molecule has 5 heteroatoms. The SMILES string of the molecule is O=c1cc(-c2ccc(F)cc2)nc(CCl)[nH]1. The van der Waals surface area contributed by atoms with Crippen molar-refractivity contribution < 1.29 is 4.39 Å². The van der Waals surface area contributed by atoms with Crippen LogP contribution in [0.15, 0.2) is 35.1 Å². The van der Waals surface area contributed by atoms with Crippen LogP contribution in [0.3, 0.4) is 0 Å². The molecule has 3 nitrogen and oxygen atoms in total. The third-order valence-electron chi connectivity index (χ3n) is 2.06. The molecule has 0 spiro atoms. The van der Waals surface area contributed by atoms with Crippen LogP contribution < -0.4 is 5.56 Å². The number of aromatic amines is 1. The number of benzene rings is 1. The van der Waals surface area contributed by atoms with Gasteiger partial charge in [0.25, 0.3) is 5.56 Å². The van der Waals surface area contributed by atoms with E-state index in [4.69, 9.17) is 11.6 Å². The minimum atomic E-state index is -0.328. The van der Waals surface area contributed by atoms with Crippen molar-refractivity contribution in [3.05, 3.63) is 52.3 Å². The fraction of sp³-hybridized carbons (Fsp3) is 0.0909. The van der Waals surface area contributed by atoms with Gasteiger partial charge in [0.2, 0.25) is 0 Å². The summed E-state index contributed by atoms with van der Waals surface area (Å²) in [6, 6.07) is 7.12. The number of hydrogen-bond donors (Lipinski definition) is 1. The molecule has 1 N–H and O–H groups in total. The Kier molecular flexibility index (Phi) is 3.01. The Hall–Kier alpha value is -1.68. The van der Waals surface area contributed by atoms with Crippen molar-refractivity contribution in [2.45, 2.75) is 5.88 Å². The van der Waals surface area contributed by atoms with Gasteiger partial charge in [0, 0.05) is 11.6 Å². The van der Waals surface area contributed by atoms with Gasteiger partial charge in [0.15, 0.2) is 0 Å². The molecule has 0 bridgehead atoms. The number of alkyl halides is 1. The van der Waals surface area contributed by atoms with Gasteiger partial charge in [0.1, 0.15) is 11.6 Å². The summed E-state index contributed by atoms with van der Waals surface area (Å²) < 4.78 is 12.7. The molecule has 1 aromatic heterocycles. The zero-order chi connectivity index (χ0) is 11.5. The van der Waals surface area contributed by atoms with Gasteiger partial charge in [-0.25, -0.2) is 9.37 Å². The lowest BCUT2D eigenvalue weighted by atomic mass is 10.1. The van der Waals surface area contributed by atoms with Crippen LogP contribution in [0.4, 0.5) is 4.39 Å². The Morgan fingerprint density at radius 2 is 2.00 bits per heavy atom. The molecule has 0 saturated heterocycles. The van der Waals surface area contributed by atoms with E-state index in [1.165, 1.54) is 18.2 Å². The normalized spacial score (nSPS) is 10.4. The number of rotatable bonds is 2. The van der Waals surface area contributed by atoms with Crippen LogP contribution in [0, 0.1) is 5.82 Å². The number of hydrogen-bond acceptors (Lipinski definition) is 2. The first-order valence-corrected chi connectivity index (χ1v) is 5.14. The van der Waals surface area contributed by atoms with Crippen LogP contribution in [-0.4, -0.2) is 9.97 Å². The molecule has 0 aliphatic rings. The molecule has 0 unspecified atom stereocenters. The van der Waals surface area contributed by atoms with E-state index >= 15 is 0 Å². The van der Waals surface area contributed by atoms with E-state index in [0.717, 1.165) is 0 Å². The second kappa shape index (κ2) is 4.45. The largest absolute Gasteiger partial charge is 0.310 e. The van der Waals surface area contributed by atoms with E-state index in [1.807, 2.05) is 0 Å². The van der Waals surface area contributed by atoms with Gasteiger partial charge >= 0.3 is 0 Å². The molecule has 0 fully saturated rings. The molecular formula is C11H8ClFN2O. The quantitative estimate of drug-likeness (QED) is 0.816. The van der Waals surface area contributed by atoms with Gasteiger partial charge in [-0.05, 0) is 24.3 Å². The third kappa shape index (κ3) is 2.28. The van der Waals surface area contributed by atoms with E-state index in [9.17, 15) is 9.18 Å². The predicted octanol–water partition coefficient (Wildman–Crippen LogP) is 2.31. The summed E-state index contributed by atoms with van der Waals surface area (Å²) in [5, 5.41) is 0. The van der Waals surface area contributed by atoms with Crippen LogP contribution in [0.2, 0.25) is 0 Å². The highest BCUT2D eigenvalue weighted by molar-refractivity contribution is 6.16. The first-order chi connectivity index (χ1) is 7.69. The molecular weight excluding hydrogens is 231 g/mol. The fourth-order valence-corrected chi connectivity index (χ4v) is 1.47. The van der Waals surface area contributed by atoms with Crippen molar-refractivity contribution in [3.63, 3.8) is 0 Å². The Labute approximate surface area is 95.9 Å². The first kappa shape index (κ1) is 10.8. The number of halogens is 2.